The molecule has 3 atom stereocenters. The normalized spacial score (nSPS) is 29.6. The van der Waals surface area contributed by atoms with Gasteiger partial charge in [-0.2, -0.15) is 0 Å². The lowest BCUT2D eigenvalue weighted by Crippen LogP contribution is -2.30. The smallest absolute Gasteiger partial charge is 0.124 e. The Balaban J connectivity index is 1.71. The lowest BCUT2D eigenvalue weighted by Gasteiger charge is -2.22. The van der Waals surface area contributed by atoms with Crippen molar-refractivity contribution in [3.63, 3.8) is 0 Å². The number of nitrogens with one attached hydrogen (secondary N) is 1. The van der Waals surface area contributed by atoms with Crippen LogP contribution in [-0.2, 0) is 0 Å². The van der Waals surface area contributed by atoms with Crippen molar-refractivity contribution in [3.05, 3.63) is 29.6 Å². The first-order valence-electron chi connectivity index (χ1n) is 7.58. The predicted octanol–water partition coefficient (Wildman–Crippen LogP) is 2.79. The first-order valence-corrected chi connectivity index (χ1v) is 7.58. The number of ether oxygens (including phenoxy) is 1. The summed E-state index contributed by atoms with van der Waals surface area (Å²) in [6, 6.07) is 4.86. The van der Waals surface area contributed by atoms with Crippen LogP contribution in [0.15, 0.2) is 18.2 Å². The molecule has 20 heavy (non-hydrogen) atoms. The highest BCUT2D eigenvalue weighted by Crippen LogP contribution is 2.33. The second kappa shape index (κ2) is 6.10. The van der Waals surface area contributed by atoms with Gasteiger partial charge < -0.3 is 15.2 Å². The molecule has 110 valence electrons. The van der Waals surface area contributed by atoms with Crippen LogP contribution in [0.5, 0.6) is 5.75 Å². The van der Waals surface area contributed by atoms with Crippen LogP contribution >= 0.6 is 0 Å². The number of rotatable bonds is 3. The Kier molecular flexibility index (Phi) is 4.22. The molecule has 0 radical (unpaired) electrons. The van der Waals surface area contributed by atoms with E-state index in [0.29, 0.717) is 12.5 Å². The van der Waals surface area contributed by atoms with Crippen molar-refractivity contribution in [1.82, 2.24) is 5.32 Å². The number of hydrogen-bond donors (Lipinski definition) is 2. The van der Waals surface area contributed by atoms with E-state index >= 15 is 0 Å². The lowest BCUT2D eigenvalue weighted by molar-refractivity contribution is 0.129. The molecule has 1 aromatic carbocycles. The third-order valence-electron chi connectivity index (χ3n) is 4.49. The van der Waals surface area contributed by atoms with Crippen LogP contribution in [0.25, 0.3) is 0 Å². The minimum absolute atomic E-state index is 0.121. The van der Waals surface area contributed by atoms with Gasteiger partial charge in [0.2, 0.25) is 0 Å². The fourth-order valence-corrected chi connectivity index (χ4v) is 3.31. The van der Waals surface area contributed by atoms with Crippen molar-refractivity contribution in [2.45, 2.75) is 44.2 Å². The Morgan fingerprint density at radius 1 is 1.25 bits per heavy atom. The van der Waals surface area contributed by atoms with Gasteiger partial charge in [0.25, 0.3) is 0 Å². The Hall–Kier alpha value is -1.13. The summed E-state index contributed by atoms with van der Waals surface area (Å²) in [6.45, 7) is 1.48. The highest BCUT2D eigenvalue weighted by molar-refractivity contribution is 5.37. The molecule has 1 aromatic rings. The summed E-state index contributed by atoms with van der Waals surface area (Å²) in [5.41, 5.74) is 0.912. The standard InChI is InChI=1S/C16H22FNO2/c17-12-6-7-16-13(9-12)14(4-2-8-20-16)18-10-11-3-1-5-15(11)19/h6-7,9,11,14-15,18-19H,1-5,8,10H2. The van der Waals surface area contributed by atoms with Gasteiger partial charge in [0.15, 0.2) is 0 Å². The lowest BCUT2D eigenvalue weighted by atomic mass is 10.00. The van der Waals surface area contributed by atoms with Gasteiger partial charge in [-0.25, -0.2) is 4.39 Å². The Bertz CT molecular complexity index is 466. The molecule has 3 nitrogen and oxygen atoms in total. The van der Waals surface area contributed by atoms with Gasteiger partial charge in [-0.05, 0) is 49.8 Å². The van der Waals surface area contributed by atoms with E-state index in [-0.39, 0.29) is 18.0 Å². The zero-order valence-electron chi connectivity index (χ0n) is 11.6. The highest BCUT2D eigenvalue weighted by atomic mass is 19.1. The van der Waals surface area contributed by atoms with Crippen molar-refractivity contribution in [3.8, 4) is 5.75 Å². The number of hydrogen-bond acceptors (Lipinski definition) is 3. The molecule has 1 saturated carbocycles. The quantitative estimate of drug-likeness (QED) is 0.894. The van der Waals surface area contributed by atoms with Crippen LogP contribution in [-0.4, -0.2) is 24.4 Å². The monoisotopic (exact) mass is 279 g/mol. The van der Waals surface area contributed by atoms with E-state index in [4.69, 9.17) is 4.74 Å². The number of aliphatic hydroxyl groups is 1. The average Bonchev–Trinajstić information content (AvgIpc) is 2.74. The van der Waals surface area contributed by atoms with Crippen LogP contribution in [0.4, 0.5) is 4.39 Å². The summed E-state index contributed by atoms with van der Waals surface area (Å²) >= 11 is 0. The molecule has 0 bridgehead atoms. The molecule has 4 heteroatoms. The van der Waals surface area contributed by atoms with E-state index in [1.807, 2.05) is 0 Å². The third-order valence-corrected chi connectivity index (χ3v) is 4.49. The molecule has 0 spiro atoms. The average molecular weight is 279 g/mol. The van der Waals surface area contributed by atoms with E-state index < -0.39 is 0 Å². The van der Waals surface area contributed by atoms with Crippen LogP contribution in [0.3, 0.4) is 0 Å². The largest absolute Gasteiger partial charge is 0.493 e. The van der Waals surface area contributed by atoms with Crippen LogP contribution in [0.2, 0.25) is 0 Å². The topological polar surface area (TPSA) is 41.5 Å². The maximum absolute atomic E-state index is 13.5. The fourth-order valence-electron chi connectivity index (χ4n) is 3.31. The number of aliphatic hydroxyl groups excluding tert-OH is 1. The van der Waals surface area contributed by atoms with Gasteiger partial charge in [0.1, 0.15) is 11.6 Å². The zero-order chi connectivity index (χ0) is 13.9. The maximum atomic E-state index is 13.5. The minimum atomic E-state index is -0.220. The molecular weight excluding hydrogens is 257 g/mol. The van der Waals surface area contributed by atoms with Gasteiger partial charge >= 0.3 is 0 Å². The zero-order valence-corrected chi connectivity index (χ0v) is 11.6. The molecule has 2 N–H and O–H groups in total. The second-order valence-electron chi connectivity index (χ2n) is 5.89. The SMILES string of the molecule is OC1CCCC1CNC1CCCOc2ccc(F)cc21. The second-order valence-corrected chi connectivity index (χ2v) is 5.89. The molecule has 1 aliphatic carbocycles. The summed E-state index contributed by atoms with van der Waals surface area (Å²) in [5, 5.41) is 13.4. The van der Waals surface area contributed by atoms with E-state index in [0.717, 1.165) is 50.0 Å². The van der Waals surface area contributed by atoms with Crippen molar-refractivity contribution < 1.29 is 14.2 Å². The summed E-state index contributed by atoms with van der Waals surface area (Å²) < 4.78 is 19.2. The maximum Gasteiger partial charge on any atom is 0.124 e. The van der Waals surface area contributed by atoms with Gasteiger partial charge in [-0.15, -0.1) is 0 Å². The van der Waals surface area contributed by atoms with Gasteiger partial charge in [-0.3, -0.25) is 0 Å². The molecule has 0 saturated heterocycles. The molecule has 1 aliphatic heterocycles. The van der Waals surface area contributed by atoms with Crippen LogP contribution in [0, 0.1) is 11.7 Å². The van der Waals surface area contributed by atoms with E-state index in [1.54, 1.807) is 12.1 Å². The minimum Gasteiger partial charge on any atom is -0.493 e. The van der Waals surface area contributed by atoms with Crippen LogP contribution < -0.4 is 10.1 Å². The Labute approximate surface area is 119 Å². The molecule has 1 fully saturated rings. The molecule has 1 heterocycles. The Morgan fingerprint density at radius 2 is 2.15 bits per heavy atom. The first kappa shape index (κ1) is 13.8. The Morgan fingerprint density at radius 3 is 2.95 bits per heavy atom. The number of halogens is 1. The van der Waals surface area contributed by atoms with Crippen molar-refractivity contribution in [2.24, 2.45) is 5.92 Å². The van der Waals surface area contributed by atoms with Crippen LogP contribution in [0.1, 0.15) is 43.7 Å². The van der Waals surface area contributed by atoms with Gasteiger partial charge in [0, 0.05) is 18.2 Å². The summed E-state index contributed by atoms with van der Waals surface area (Å²) in [4.78, 5) is 0. The number of benzene rings is 1. The molecule has 0 aromatic heterocycles. The molecule has 2 aliphatic rings. The van der Waals surface area contributed by atoms with E-state index in [9.17, 15) is 9.50 Å². The highest BCUT2D eigenvalue weighted by Gasteiger charge is 2.27. The van der Waals surface area contributed by atoms with E-state index in [2.05, 4.69) is 5.32 Å². The summed E-state index contributed by atoms with van der Waals surface area (Å²) in [7, 11) is 0. The number of fused-ring (bicyclic) bond motifs is 1. The van der Waals surface area contributed by atoms with E-state index in [1.165, 1.54) is 6.07 Å². The summed E-state index contributed by atoms with van der Waals surface area (Å²) in [5.74, 6) is 0.895. The molecule has 0 amide bonds. The molecule has 3 rings (SSSR count). The van der Waals surface area contributed by atoms with Gasteiger partial charge in [0.05, 0.1) is 12.7 Å². The molecule has 3 unspecified atom stereocenters. The van der Waals surface area contributed by atoms with Crippen molar-refractivity contribution in [2.75, 3.05) is 13.2 Å². The summed E-state index contributed by atoms with van der Waals surface area (Å²) in [6.07, 6.45) is 4.81. The predicted molar refractivity (Wildman–Crippen MR) is 75.2 cm³/mol. The molecular formula is C16H22FNO2. The third kappa shape index (κ3) is 2.96. The fraction of sp³-hybridized carbons (Fsp3) is 0.625. The van der Waals surface area contributed by atoms with Gasteiger partial charge in [-0.1, -0.05) is 6.42 Å². The first-order chi connectivity index (χ1) is 9.74. The van der Waals surface area contributed by atoms with Crippen molar-refractivity contribution >= 4 is 0 Å². The van der Waals surface area contributed by atoms with Crippen molar-refractivity contribution in [1.29, 1.82) is 0 Å².